The zero-order valence-corrected chi connectivity index (χ0v) is 9.44. The number of alkyl halides is 3. The number of ketones is 1. The lowest BCUT2D eigenvalue weighted by Gasteiger charge is -2.16. The molecule has 1 atom stereocenters. The zero-order valence-electron chi connectivity index (χ0n) is 9.44. The monoisotopic (exact) mass is 271 g/mol. The van der Waals surface area contributed by atoms with Gasteiger partial charge in [-0.25, -0.2) is 9.98 Å². The number of amides is 1. The van der Waals surface area contributed by atoms with Crippen LogP contribution in [0.3, 0.4) is 0 Å². The van der Waals surface area contributed by atoms with Crippen LogP contribution in [-0.4, -0.2) is 35.6 Å². The number of pyridine rings is 1. The van der Waals surface area contributed by atoms with E-state index in [0.29, 0.717) is 0 Å². The largest absolute Gasteiger partial charge is 0.405 e. The highest BCUT2D eigenvalue weighted by molar-refractivity contribution is 6.23. The van der Waals surface area contributed by atoms with Crippen molar-refractivity contribution in [2.75, 3.05) is 6.54 Å². The molecule has 19 heavy (non-hydrogen) atoms. The van der Waals surface area contributed by atoms with Gasteiger partial charge in [-0.05, 0) is 12.1 Å². The first-order chi connectivity index (χ1) is 8.88. The number of halogens is 3. The lowest BCUT2D eigenvalue weighted by molar-refractivity contribution is -0.138. The SMILES string of the molecule is O=C(NCC(F)(F)F)C1C=Nc2ncccc2C1=O. The molecule has 0 fully saturated rings. The Hall–Kier alpha value is -2.25. The number of hydrogen-bond donors (Lipinski definition) is 1. The Labute approximate surface area is 105 Å². The Kier molecular flexibility index (Phi) is 3.32. The van der Waals surface area contributed by atoms with Crippen molar-refractivity contribution >= 4 is 23.7 Å². The van der Waals surface area contributed by atoms with Gasteiger partial charge >= 0.3 is 6.18 Å². The maximum Gasteiger partial charge on any atom is 0.405 e. The molecule has 1 N–H and O–H groups in total. The van der Waals surface area contributed by atoms with Gasteiger partial charge in [0.1, 0.15) is 12.5 Å². The van der Waals surface area contributed by atoms with E-state index in [-0.39, 0.29) is 11.4 Å². The highest BCUT2D eigenvalue weighted by Gasteiger charge is 2.34. The van der Waals surface area contributed by atoms with E-state index in [0.717, 1.165) is 6.21 Å². The lowest BCUT2D eigenvalue weighted by atomic mass is 9.96. The van der Waals surface area contributed by atoms with Crippen LogP contribution in [-0.2, 0) is 4.79 Å². The third kappa shape index (κ3) is 2.95. The third-order valence-corrected chi connectivity index (χ3v) is 2.43. The summed E-state index contributed by atoms with van der Waals surface area (Å²) in [4.78, 5) is 31.0. The van der Waals surface area contributed by atoms with E-state index in [4.69, 9.17) is 0 Å². The minimum Gasteiger partial charge on any atom is -0.346 e. The molecule has 8 heteroatoms. The molecule has 2 heterocycles. The average Bonchev–Trinajstić information content (AvgIpc) is 2.36. The molecule has 1 aromatic heterocycles. The van der Waals surface area contributed by atoms with Crippen molar-refractivity contribution in [1.29, 1.82) is 0 Å². The van der Waals surface area contributed by atoms with Gasteiger partial charge in [-0.1, -0.05) is 0 Å². The standard InChI is InChI=1S/C11H8F3N3O2/c12-11(13,14)5-17-10(19)7-4-16-9-6(8(7)18)2-1-3-15-9/h1-4,7H,5H2,(H,17,19). The van der Waals surface area contributed by atoms with Crippen molar-refractivity contribution in [3.05, 3.63) is 23.9 Å². The summed E-state index contributed by atoms with van der Waals surface area (Å²) in [6, 6.07) is 2.91. The number of nitrogens with zero attached hydrogens (tertiary/aromatic N) is 2. The Morgan fingerprint density at radius 2 is 2.16 bits per heavy atom. The van der Waals surface area contributed by atoms with Crippen LogP contribution in [0, 0.1) is 5.92 Å². The molecule has 100 valence electrons. The van der Waals surface area contributed by atoms with E-state index in [1.165, 1.54) is 18.3 Å². The van der Waals surface area contributed by atoms with E-state index in [1.54, 1.807) is 5.32 Å². The van der Waals surface area contributed by atoms with Crippen molar-refractivity contribution < 1.29 is 22.8 Å². The molecule has 0 saturated carbocycles. The predicted molar refractivity (Wildman–Crippen MR) is 59.3 cm³/mol. The van der Waals surface area contributed by atoms with Crippen LogP contribution in [0.25, 0.3) is 0 Å². The molecule has 1 aromatic rings. The Morgan fingerprint density at radius 3 is 2.84 bits per heavy atom. The van der Waals surface area contributed by atoms with Crippen LogP contribution in [0.2, 0.25) is 0 Å². The third-order valence-electron chi connectivity index (χ3n) is 2.43. The van der Waals surface area contributed by atoms with E-state index < -0.39 is 30.3 Å². The summed E-state index contributed by atoms with van der Waals surface area (Å²) in [7, 11) is 0. The van der Waals surface area contributed by atoms with E-state index in [9.17, 15) is 22.8 Å². The fourth-order valence-electron chi connectivity index (χ4n) is 1.56. The van der Waals surface area contributed by atoms with Crippen LogP contribution in [0.4, 0.5) is 19.0 Å². The zero-order chi connectivity index (χ0) is 14.0. The van der Waals surface area contributed by atoms with E-state index in [1.807, 2.05) is 0 Å². The average molecular weight is 271 g/mol. The first-order valence-corrected chi connectivity index (χ1v) is 5.26. The molecule has 0 radical (unpaired) electrons. The molecule has 0 saturated heterocycles. The number of nitrogens with one attached hydrogen (secondary N) is 1. The molecule has 0 aliphatic carbocycles. The van der Waals surface area contributed by atoms with Crippen molar-refractivity contribution in [3.63, 3.8) is 0 Å². The van der Waals surface area contributed by atoms with E-state index in [2.05, 4.69) is 9.98 Å². The predicted octanol–water partition coefficient (Wildman–Crippen LogP) is 1.27. The molecular formula is C11H8F3N3O2. The highest BCUT2D eigenvalue weighted by atomic mass is 19.4. The number of carbonyl (C=O) groups excluding carboxylic acids is 2. The normalized spacial score (nSPS) is 18.1. The van der Waals surface area contributed by atoms with Gasteiger partial charge in [0.25, 0.3) is 0 Å². The molecule has 1 amide bonds. The molecule has 2 rings (SSSR count). The lowest BCUT2D eigenvalue weighted by Crippen LogP contribution is -2.41. The van der Waals surface area contributed by atoms with Crippen molar-refractivity contribution in [2.24, 2.45) is 10.9 Å². The fraction of sp³-hybridized carbons (Fsp3) is 0.273. The number of hydrogen-bond acceptors (Lipinski definition) is 4. The van der Waals surface area contributed by atoms with Crippen molar-refractivity contribution in [3.8, 4) is 0 Å². The van der Waals surface area contributed by atoms with Crippen molar-refractivity contribution in [1.82, 2.24) is 10.3 Å². The number of fused-ring (bicyclic) bond motifs is 1. The summed E-state index contributed by atoms with van der Waals surface area (Å²) in [5.41, 5.74) is 0.122. The van der Waals surface area contributed by atoms with Crippen LogP contribution < -0.4 is 5.32 Å². The van der Waals surface area contributed by atoms with Gasteiger partial charge in [-0.2, -0.15) is 13.2 Å². The molecule has 0 aromatic carbocycles. The summed E-state index contributed by atoms with van der Waals surface area (Å²) in [6.45, 7) is -1.48. The Bertz CT molecular complexity index is 554. The van der Waals surface area contributed by atoms with Gasteiger partial charge < -0.3 is 5.32 Å². The minimum absolute atomic E-state index is 0.122. The first kappa shape index (κ1) is 13.2. The molecule has 1 aliphatic heterocycles. The topological polar surface area (TPSA) is 71.4 Å². The van der Waals surface area contributed by atoms with Gasteiger partial charge in [0.2, 0.25) is 5.91 Å². The summed E-state index contributed by atoms with van der Waals surface area (Å²) < 4.78 is 35.9. The number of aromatic nitrogens is 1. The maximum absolute atomic E-state index is 12.0. The van der Waals surface area contributed by atoms with Crippen LogP contribution in [0.1, 0.15) is 10.4 Å². The Morgan fingerprint density at radius 1 is 1.42 bits per heavy atom. The number of carbonyl (C=O) groups is 2. The number of aliphatic imine (C=N–C) groups is 1. The molecule has 0 spiro atoms. The van der Waals surface area contributed by atoms with Crippen LogP contribution in [0.15, 0.2) is 23.3 Å². The second kappa shape index (κ2) is 4.79. The van der Waals surface area contributed by atoms with Gasteiger partial charge in [0, 0.05) is 12.4 Å². The Balaban J connectivity index is 2.12. The first-order valence-electron chi connectivity index (χ1n) is 5.26. The molecule has 1 aliphatic rings. The van der Waals surface area contributed by atoms with Crippen molar-refractivity contribution in [2.45, 2.75) is 6.18 Å². The number of Topliss-reactive ketones (excluding diaryl/α,β-unsaturated/α-hetero) is 1. The summed E-state index contributed by atoms with van der Waals surface area (Å²) in [5.74, 6) is -2.83. The van der Waals surface area contributed by atoms with Gasteiger partial charge in [0.15, 0.2) is 11.6 Å². The summed E-state index contributed by atoms with van der Waals surface area (Å²) in [5, 5.41) is 1.66. The van der Waals surface area contributed by atoms with Crippen LogP contribution in [0.5, 0.6) is 0 Å². The molecule has 5 nitrogen and oxygen atoms in total. The highest BCUT2D eigenvalue weighted by Crippen LogP contribution is 2.23. The molecular weight excluding hydrogens is 263 g/mol. The summed E-state index contributed by atoms with van der Waals surface area (Å²) >= 11 is 0. The maximum atomic E-state index is 12.0. The quantitative estimate of drug-likeness (QED) is 0.823. The van der Waals surface area contributed by atoms with Crippen LogP contribution >= 0.6 is 0 Å². The van der Waals surface area contributed by atoms with Gasteiger partial charge in [-0.3, -0.25) is 9.59 Å². The van der Waals surface area contributed by atoms with Gasteiger partial charge in [0.05, 0.1) is 5.56 Å². The smallest absolute Gasteiger partial charge is 0.346 e. The van der Waals surface area contributed by atoms with E-state index >= 15 is 0 Å². The second-order valence-corrected chi connectivity index (χ2v) is 3.83. The number of rotatable bonds is 2. The second-order valence-electron chi connectivity index (χ2n) is 3.83. The fourth-order valence-corrected chi connectivity index (χ4v) is 1.56. The molecule has 1 unspecified atom stereocenters. The summed E-state index contributed by atoms with van der Waals surface area (Å²) in [6.07, 6.45) is -2.10. The molecule has 0 bridgehead atoms. The minimum atomic E-state index is -4.52. The van der Waals surface area contributed by atoms with Gasteiger partial charge in [-0.15, -0.1) is 0 Å².